The summed E-state index contributed by atoms with van der Waals surface area (Å²) in [4.78, 5) is 13.6. The maximum Gasteiger partial charge on any atom is 0.352 e. The second kappa shape index (κ2) is 2.77. The van der Waals surface area contributed by atoms with Crippen molar-refractivity contribution in [2.75, 3.05) is 5.73 Å². The Morgan fingerprint density at radius 2 is 2.21 bits per heavy atom. The Balaban J connectivity index is 2.79. The van der Waals surface area contributed by atoms with Gasteiger partial charge in [0.2, 0.25) is 0 Å². The summed E-state index contributed by atoms with van der Waals surface area (Å²) in [5.41, 5.74) is 7.95. The Morgan fingerprint density at radius 1 is 1.50 bits per heavy atom. The van der Waals surface area contributed by atoms with Gasteiger partial charge >= 0.3 is 5.97 Å². The van der Waals surface area contributed by atoms with Crippen LogP contribution in [0.2, 0.25) is 0 Å². The zero-order valence-corrected chi connectivity index (χ0v) is 7.66. The van der Waals surface area contributed by atoms with Crippen molar-refractivity contribution in [1.29, 1.82) is 0 Å². The lowest BCUT2D eigenvalue weighted by atomic mass is 10.1. The molecule has 0 fully saturated rings. The number of benzene rings is 1. The van der Waals surface area contributed by atoms with E-state index in [4.69, 9.17) is 10.8 Å². The predicted molar refractivity (Wildman–Crippen MR) is 54.4 cm³/mol. The van der Waals surface area contributed by atoms with E-state index >= 15 is 0 Å². The van der Waals surface area contributed by atoms with E-state index in [9.17, 15) is 4.79 Å². The number of carbonyl (C=O) groups is 1. The number of aromatic amines is 1. The number of aryl methyl sites for hydroxylation is 1. The average molecular weight is 190 g/mol. The molecule has 0 bridgehead atoms. The van der Waals surface area contributed by atoms with E-state index in [0.29, 0.717) is 5.69 Å². The molecule has 0 aliphatic rings. The van der Waals surface area contributed by atoms with Gasteiger partial charge in [-0.1, -0.05) is 6.07 Å². The Kier molecular flexibility index (Phi) is 1.70. The van der Waals surface area contributed by atoms with Gasteiger partial charge in [-0.3, -0.25) is 0 Å². The molecule has 0 spiro atoms. The zero-order valence-electron chi connectivity index (χ0n) is 7.66. The number of fused-ring (bicyclic) bond motifs is 1. The monoisotopic (exact) mass is 190 g/mol. The van der Waals surface area contributed by atoms with E-state index < -0.39 is 5.97 Å². The van der Waals surface area contributed by atoms with Crippen LogP contribution in [-0.4, -0.2) is 16.1 Å². The Labute approximate surface area is 80.3 Å². The third-order valence-corrected chi connectivity index (χ3v) is 2.30. The second-order valence-electron chi connectivity index (χ2n) is 3.24. The van der Waals surface area contributed by atoms with E-state index in [1.165, 1.54) is 0 Å². The van der Waals surface area contributed by atoms with Gasteiger partial charge in [-0.25, -0.2) is 4.79 Å². The summed E-state index contributed by atoms with van der Waals surface area (Å²) in [6.45, 7) is 1.78. The van der Waals surface area contributed by atoms with Gasteiger partial charge in [0.1, 0.15) is 5.69 Å². The molecule has 72 valence electrons. The molecular weight excluding hydrogens is 180 g/mol. The van der Waals surface area contributed by atoms with Crippen LogP contribution in [0.4, 0.5) is 5.69 Å². The summed E-state index contributed by atoms with van der Waals surface area (Å²) in [7, 11) is 0. The summed E-state index contributed by atoms with van der Waals surface area (Å²) in [5.74, 6) is -0.947. The number of carboxylic acids is 1. The van der Waals surface area contributed by atoms with Gasteiger partial charge in [0, 0.05) is 16.6 Å². The van der Waals surface area contributed by atoms with E-state index in [2.05, 4.69) is 4.98 Å². The molecular formula is C10H10N2O2. The van der Waals surface area contributed by atoms with Crippen molar-refractivity contribution in [1.82, 2.24) is 4.98 Å². The van der Waals surface area contributed by atoms with Crippen LogP contribution in [0.5, 0.6) is 0 Å². The first-order chi connectivity index (χ1) is 6.59. The van der Waals surface area contributed by atoms with E-state index in [-0.39, 0.29) is 5.69 Å². The molecule has 0 aliphatic carbocycles. The lowest BCUT2D eigenvalue weighted by Crippen LogP contribution is -1.97. The molecule has 0 saturated carbocycles. The number of nitrogens with two attached hydrogens (primary N) is 1. The first kappa shape index (κ1) is 8.62. The topological polar surface area (TPSA) is 79.1 Å². The summed E-state index contributed by atoms with van der Waals surface area (Å²) < 4.78 is 0. The molecule has 0 radical (unpaired) electrons. The Morgan fingerprint density at radius 3 is 2.86 bits per heavy atom. The zero-order chi connectivity index (χ0) is 10.3. The third-order valence-electron chi connectivity index (χ3n) is 2.30. The lowest BCUT2D eigenvalue weighted by molar-refractivity contribution is 0.0691. The van der Waals surface area contributed by atoms with Crippen LogP contribution in [0.25, 0.3) is 10.9 Å². The molecule has 4 heteroatoms. The van der Waals surface area contributed by atoms with Crippen molar-refractivity contribution in [3.8, 4) is 0 Å². The molecule has 14 heavy (non-hydrogen) atoms. The van der Waals surface area contributed by atoms with Crippen molar-refractivity contribution >= 4 is 22.6 Å². The van der Waals surface area contributed by atoms with Gasteiger partial charge in [0.05, 0.1) is 0 Å². The van der Waals surface area contributed by atoms with Crippen LogP contribution in [0.1, 0.15) is 16.1 Å². The molecule has 0 atom stereocenters. The average Bonchev–Trinajstić information content (AvgIpc) is 2.43. The molecule has 2 rings (SSSR count). The fourth-order valence-corrected chi connectivity index (χ4v) is 1.57. The molecule has 4 nitrogen and oxygen atoms in total. The number of rotatable bonds is 1. The maximum absolute atomic E-state index is 10.8. The predicted octanol–water partition coefficient (Wildman–Crippen LogP) is 1.76. The molecule has 1 aromatic heterocycles. The quantitative estimate of drug-likeness (QED) is 0.599. The number of carboxylic acid groups (broad SMARTS) is 1. The van der Waals surface area contributed by atoms with Gasteiger partial charge < -0.3 is 15.8 Å². The van der Waals surface area contributed by atoms with E-state index in [1.807, 2.05) is 6.07 Å². The maximum atomic E-state index is 10.8. The SMILES string of the molecule is Cc1c(C(=O)O)[nH]c2cc(N)ccc12. The van der Waals surface area contributed by atoms with E-state index in [1.54, 1.807) is 19.1 Å². The third kappa shape index (κ3) is 1.12. The minimum Gasteiger partial charge on any atom is -0.477 e. The molecule has 1 heterocycles. The van der Waals surface area contributed by atoms with Gasteiger partial charge in [-0.05, 0) is 24.6 Å². The van der Waals surface area contributed by atoms with E-state index in [0.717, 1.165) is 16.5 Å². The van der Waals surface area contributed by atoms with Crippen LogP contribution < -0.4 is 5.73 Å². The van der Waals surface area contributed by atoms with Crippen LogP contribution in [0.3, 0.4) is 0 Å². The minimum atomic E-state index is -0.947. The number of aromatic carboxylic acids is 1. The van der Waals surface area contributed by atoms with Crippen LogP contribution in [-0.2, 0) is 0 Å². The summed E-state index contributed by atoms with van der Waals surface area (Å²) in [6, 6.07) is 5.31. The first-order valence-corrected chi connectivity index (χ1v) is 4.20. The largest absolute Gasteiger partial charge is 0.477 e. The van der Waals surface area contributed by atoms with Crippen LogP contribution in [0, 0.1) is 6.92 Å². The van der Waals surface area contributed by atoms with Gasteiger partial charge in [0.25, 0.3) is 0 Å². The summed E-state index contributed by atoms with van der Waals surface area (Å²) >= 11 is 0. The number of nitrogens with one attached hydrogen (secondary N) is 1. The number of nitrogen functional groups attached to an aromatic ring is 1. The fourth-order valence-electron chi connectivity index (χ4n) is 1.57. The highest BCUT2D eigenvalue weighted by molar-refractivity contribution is 5.97. The fraction of sp³-hybridized carbons (Fsp3) is 0.100. The second-order valence-corrected chi connectivity index (χ2v) is 3.24. The molecule has 0 unspecified atom stereocenters. The van der Waals surface area contributed by atoms with Crippen molar-refractivity contribution in [2.45, 2.75) is 6.92 Å². The number of H-pyrrole nitrogens is 1. The highest BCUT2D eigenvalue weighted by Crippen LogP contribution is 2.23. The molecule has 2 aromatic rings. The van der Waals surface area contributed by atoms with Crippen LogP contribution in [0.15, 0.2) is 18.2 Å². The van der Waals surface area contributed by atoms with Crippen molar-refractivity contribution in [3.63, 3.8) is 0 Å². The Bertz CT molecular complexity index is 514. The molecule has 1 aromatic carbocycles. The van der Waals surface area contributed by atoms with Gasteiger partial charge in [-0.15, -0.1) is 0 Å². The summed E-state index contributed by atoms with van der Waals surface area (Å²) in [5, 5.41) is 9.77. The van der Waals surface area contributed by atoms with Crippen molar-refractivity contribution in [2.24, 2.45) is 0 Å². The molecule has 4 N–H and O–H groups in total. The molecule has 0 amide bonds. The van der Waals surface area contributed by atoms with Crippen LogP contribution >= 0.6 is 0 Å². The van der Waals surface area contributed by atoms with Gasteiger partial charge in [0.15, 0.2) is 0 Å². The number of aromatic nitrogens is 1. The van der Waals surface area contributed by atoms with Crippen molar-refractivity contribution in [3.05, 3.63) is 29.5 Å². The smallest absolute Gasteiger partial charge is 0.352 e. The standard InChI is InChI=1S/C10H10N2O2/c1-5-7-3-2-6(11)4-8(7)12-9(5)10(13)14/h2-4,12H,11H2,1H3,(H,13,14). The number of hydrogen-bond acceptors (Lipinski definition) is 2. The molecule has 0 saturated heterocycles. The molecule has 0 aliphatic heterocycles. The van der Waals surface area contributed by atoms with Crippen molar-refractivity contribution < 1.29 is 9.90 Å². The highest BCUT2D eigenvalue weighted by Gasteiger charge is 2.12. The Hall–Kier alpha value is -1.97. The van der Waals surface area contributed by atoms with Gasteiger partial charge in [-0.2, -0.15) is 0 Å². The number of anilines is 1. The highest BCUT2D eigenvalue weighted by atomic mass is 16.4. The minimum absolute atomic E-state index is 0.227. The lowest BCUT2D eigenvalue weighted by Gasteiger charge is -1.93. The number of hydrogen-bond donors (Lipinski definition) is 3. The normalized spacial score (nSPS) is 10.6. The summed E-state index contributed by atoms with van der Waals surface area (Å²) in [6.07, 6.45) is 0. The first-order valence-electron chi connectivity index (χ1n) is 4.20.